The van der Waals surface area contributed by atoms with E-state index in [1.54, 1.807) is 23.6 Å². The molecular formula is C16H34N4O5+2. The maximum Gasteiger partial charge on any atom is 0.280 e. The van der Waals surface area contributed by atoms with Gasteiger partial charge in [-0.25, -0.2) is 0 Å². The van der Waals surface area contributed by atoms with E-state index in [0.717, 1.165) is 0 Å². The highest BCUT2D eigenvalue weighted by molar-refractivity contribution is 5.80. The van der Waals surface area contributed by atoms with Crippen LogP contribution in [0.3, 0.4) is 0 Å². The van der Waals surface area contributed by atoms with Crippen molar-refractivity contribution in [2.45, 2.75) is 25.9 Å². The molecule has 0 unspecified atom stereocenters. The fourth-order valence-corrected chi connectivity index (χ4v) is 2.41. The maximum absolute atomic E-state index is 12.2. The van der Waals surface area contributed by atoms with Gasteiger partial charge in [-0.05, 0) is 13.8 Å². The van der Waals surface area contributed by atoms with Gasteiger partial charge in [0.2, 0.25) is 0 Å². The fourth-order valence-electron chi connectivity index (χ4n) is 2.41. The number of carbonyl (C=O) groups excluding carboxylic acids is 2. The van der Waals surface area contributed by atoms with E-state index in [1.807, 2.05) is 0 Å². The Hall–Kier alpha value is -1.26. The zero-order valence-electron chi connectivity index (χ0n) is 15.6. The number of ether oxygens (including phenoxy) is 3. The first-order valence-electron chi connectivity index (χ1n) is 8.90. The lowest BCUT2D eigenvalue weighted by atomic mass is 10.3. The summed E-state index contributed by atoms with van der Waals surface area (Å²) in [5.74, 6) is -0.0362. The summed E-state index contributed by atoms with van der Waals surface area (Å²) in [7, 11) is 0. The van der Waals surface area contributed by atoms with Crippen molar-refractivity contribution < 1.29 is 35.3 Å². The predicted octanol–water partition coefficient (Wildman–Crippen LogP) is -3.03. The van der Waals surface area contributed by atoms with Gasteiger partial charge in [0, 0.05) is 26.2 Å². The summed E-state index contributed by atoms with van der Waals surface area (Å²) < 4.78 is 16.6. The highest BCUT2D eigenvalue weighted by Gasteiger charge is 2.21. The van der Waals surface area contributed by atoms with E-state index in [9.17, 15) is 9.59 Å². The molecule has 1 heterocycles. The normalized spacial score (nSPS) is 21.8. The number of hydrogen-bond acceptors (Lipinski definition) is 5. The number of carbonyl (C=O) groups is 2. The Kier molecular flexibility index (Phi) is 10.6. The van der Waals surface area contributed by atoms with Crippen molar-refractivity contribution >= 4 is 11.8 Å². The number of rotatable bonds is 2. The van der Waals surface area contributed by atoms with Gasteiger partial charge in [0.1, 0.15) is 0 Å². The molecule has 0 aromatic carbocycles. The van der Waals surface area contributed by atoms with Crippen LogP contribution in [-0.4, -0.2) is 99.5 Å². The average Bonchev–Trinajstić information content (AvgIpc) is 2.58. The number of amides is 2. The summed E-state index contributed by atoms with van der Waals surface area (Å²) in [6.45, 7) is 8.17. The third kappa shape index (κ3) is 8.59. The molecule has 1 saturated heterocycles. The molecule has 0 saturated carbocycles. The summed E-state index contributed by atoms with van der Waals surface area (Å²) in [6, 6.07) is -0.617. The highest BCUT2D eigenvalue weighted by Crippen LogP contribution is 1.98. The van der Waals surface area contributed by atoms with Crippen molar-refractivity contribution in [3.05, 3.63) is 0 Å². The van der Waals surface area contributed by atoms with E-state index in [0.29, 0.717) is 65.8 Å². The van der Waals surface area contributed by atoms with Crippen LogP contribution < -0.4 is 11.5 Å². The molecule has 2 amide bonds. The zero-order chi connectivity index (χ0) is 18.7. The minimum atomic E-state index is -0.308. The van der Waals surface area contributed by atoms with Gasteiger partial charge in [0.25, 0.3) is 11.8 Å². The Labute approximate surface area is 149 Å². The molecule has 0 aromatic heterocycles. The van der Waals surface area contributed by atoms with Crippen molar-refractivity contribution in [1.82, 2.24) is 9.80 Å². The molecule has 25 heavy (non-hydrogen) atoms. The lowest BCUT2D eigenvalue weighted by Crippen LogP contribution is -2.66. The molecule has 146 valence electrons. The van der Waals surface area contributed by atoms with Crippen LogP contribution in [0.25, 0.3) is 0 Å². The van der Waals surface area contributed by atoms with Crippen molar-refractivity contribution in [1.29, 1.82) is 0 Å². The summed E-state index contributed by atoms with van der Waals surface area (Å²) in [6.07, 6.45) is 0. The van der Waals surface area contributed by atoms with Crippen LogP contribution in [0.2, 0.25) is 0 Å². The third-order valence-corrected chi connectivity index (χ3v) is 3.86. The quantitative estimate of drug-likeness (QED) is 0.541. The average molecular weight is 362 g/mol. The van der Waals surface area contributed by atoms with Crippen LogP contribution in [0.4, 0.5) is 0 Å². The fraction of sp³-hybridized carbons (Fsp3) is 0.875. The molecule has 1 aliphatic rings. The topological polar surface area (TPSA) is 124 Å². The van der Waals surface area contributed by atoms with E-state index in [4.69, 9.17) is 14.2 Å². The minimum absolute atomic E-state index is 0.0181. The number of quaternary nitrogens is 2. The van der Waals surface area contributed by atoms with Gasteiger partial charge in [-0.2, -0.15) is 0 Å². The van der Waals surface area contributed by atoms with Gasteiger partial charge >= 0.3 is 0 Å². The molecule has 0 aliphatic carbocycles. The molecule has 1 rings (SSSR count). The molecule has 6 N–H and O–H groups in total. The Morgan fingerprint density at radius 2 is 0.960 bits per heavy atom. The predicted molar refractivity (Wildman–Crippen MR) is 90.3 cm³/mol. The van der Waals surface area contributed by atoms with Gasteiger partial charge < -0.3 is 35.5 Å². The van der Waals surface area contributed by atoms with Crippen LogP contribution in [0.1, 0.15) is 13.8 Å². The van der Waals surface area contributed by atoms with Crippen molar-refractivity contribution in [3.63, 3.8) is 0 Å². The van der Waals surface area contributed by atoms with Crippen LogP contribution in [0.5, 0.6) is 0 Å². The van der Waals surface area contributed by atoms with E-state index >= 15 is 0 Å². The third-order valence-electron chi connectivity index (χ3n) is 3.86. The molecular weight excluding hydrogens is 328 g/mol. The van der Waals surface area contributed by atoms with Crippen LogP contribution >= 0.6 is 0 Å². The van der Waals surface area contributed by atoms with Crippen LogP contribution in [0, 0.1) is 0 Å². The number of nitrogens with zero attached hydrogens (tertiary/aromatic N) is 2. The van der Waals surface area contributed by atoms with E-state index in [2.05, 4.69) is 11.5 Å². The second kappa shape index (κ2) is 12.2. The minimum Gasteiger partial charge on any atom is -0.378 e. The van der Waals surface area contributed by atoms with Crippen molar-refractivity contribution in [3.8, 4) is 0 Å². The molecule has 9 nitrogen and oxygen atoms in total. The smallest absolute Gasteiger partial charge is 0.280 e. The molecule has 0 radical (unpaired) electrons. The largest absolute Gasteiger partial charge is 0.378 e. The molecule has 9 heteroatoms. The number of hydrogen-bond donors (Lipinski definition) is 2. The zero-order valence-corrected chi connectivity index (χ0v) is 15.6. The van der Waals surface area contributed by atoms with Gasteiger partial charge in [-0.3, -0.25) is 9.59 Å². The van der Waals surface area contributed by atoms with E-state index in [-0.39, 0.29) is 23.9 Å². The Morgan fingerprint density at radius 1 is 0.680 bits per heavy atom. The molecule has 1 aliphatic heterocycles. The van der Waals surface area contributed by atoms with Crippen LogP contribution in [0.15, 0.2) is 0 Å². The van der Waals surface area contributed by atoms with E-state index < -0.39 is 0 Å². The lowest BCUT2D eigenvalue weighted by Gasteiger charge is -2.24. The Morgan fingerprint density at radius 3 is 1.24 bits per heavy atom. The van der Waals surface area contributed by atoms with Gasteiger partial charge in [-0.15, -0.1) is 0 Å². The summed E-state index contributed by atoms with van der Waals surface area (Å²) >= 11 is 0. The summed E-state index contributed by atoms with van der Waals surface area (Å²) in [5.41, 5.74) is 7.57. The van der Waals surface area contributed by atoms with Crippen molar-refractivity contribution in [2.24, 2.45) is 0 Å². The first-order valence-corrected chi connectivity index (χ1v) is 8.90. The Balaban J connectivity index is 2.58. The van der Waals surface area contributed by atoms with Gasteiger partial charge in [0.05, 0.1) is 39.6 Å². The monoisotopic (exact) mass is 362 g/mol. The highest BCUT2D eigenvalue weighted by atomic mass is 16.5. The second-order valence-corrected chi connectivity index (χ2v) is 6.29. The molecule has 0 bridgehead atoms. The second-order valence-electron chi connectivity index (χ2n) is 6.29. The first-order chi connectivity index (χ1) is 11.9. The Bertz CT molecular complexity index is 370. The van der Waals surface area contributed by atoms with E-state index in [1.165, 1.54) is 0 Å². The molecule has 1 fully saturated rings. The van der Waals surface area contributed by atoms with Crippen LogP contribution in [-0.2, 0) is 23.8 Å². The van der Waals surface area contributed by atoms with Gasteiger partial charge in [-0.1, -0.05) is 0 Å². The van der Waals surface area contributed by atoms with Crippen molar-refractivity contribution in [2.75, 3.05) is 65.8 Å². The summed E-state index contributed by atoms with van der Waals surface area (Å²) in [5, 5.41) is 0. The maximum atomic E-state index is 12.2. The SMILES string of the molecule is C[C@H]([NH3+])C(=O)N1CCOCCOCCN(C(=O)[C@H](C)[NH3+])CCOCC1. The molecule has 0 aromatic rings. The standard InChI is InChI=1S/C16H32N4O5/c1-13(17)15(21)19-3-7-23-8-4-20(16(22)14(2)18)6-10-25-12-11-24-9-5-19/h13-14H,3-12,17-18H2,1-2H3/p+2/t13-,14-/m0/s1. The van der Waals surface area contributed by atoms with Gasteiger partial charge in [0.15, 0.2) is 12.1 Å². The summed E-state index contributed by atoms with van der Waals surface area (Å²) in [4.78, 5) is 27.8. The molecule has 0 spiro atoms. The molecule has 2 atom stereocenters. The lowest BCUT2D eigenvalue weighted by molar-refractivity contribution is -0.400. The first kappa shape index (κ1) is 21.8.